The Bertz CT molecular complexity index is 2780. The zero-order valence-electron chi connectivity index (χ0n) is 38.0. The van der Waals surface area contributed by atoms with Crippen LogP contribution in [0.25, 0.3) is 64.9 Å². The molecule has 5 heteroatoms. The van der Waals surface area contributed by atoms with Gasteiger partial charge in [0.25, 0.3) is 0 Å². The van der Waals surface area contributed by atoms with Crippen molar-refractivity contribution in [2.45, 2.75) is 73.4 Å². The van der Waals surface area contributed by atoms with Gasteiger partial charge in [-0.15, -0.1) is 53.1 Å². The van der Waals surface area contributed by atoms with E-state index < -0.39 is 20.8 Å². The maximum Gasteiger partial charge on any atom is 0.0799 e. The van der Waals surface area contributed by atoms with E-state index in [1.807, 2.05) is 86.1 Å². The van der Waals surface area contributed by atoms with E-state index in [2.05, 4.69) is 119 Å². The average Bonchev–Trinajstić information content (AvgIpc) is 3.58. The van der Waals surface area contributed by atoms with Gasteiger partial charge in [0.2, 0.25) is 0 Å². The molecule has 291 valence electrons. The number of thiophene rings is 1. The van der Waals surface area contributed by atoms with Crippen molar-refractivity contribution in [1.82, 2.24) is 9.97 Å². The van der Waals surface area contributed by atoms with E-state index >= 15 is 0 Å². The van der Waals surface area contributed by atoms with Crippen LogP contribution in [0.15, 0.2) is 134 Å². The van der Waals surface area contributed by atoms with Gasteiger partial charge in [-0.1, -0.05) is 162 Å². The van der Waals surface area contributed by atoms with Crippen LogP contribution < -0.4 is 5.19 Å². The maximum absolute atomic E-state index is 8.66. The summed E-state index contributed by atoms with van der Waals surface area (Å²) in [5.41, 5.74) is 10.4. The Morgan fingerprint density at radius 1 is 0.772 bits per heavy atom. The zero-order valence-corrected chi connectivity index (χ0v) is 38.3. The third-order valence-corrected chi connectivity index (χ3v) is 13.1. The molecule has 0 aliphatic carbocycles. The van der Waals surface area contributed by atoms with Crippen LogP contribution in [-0.4, -0.2) is 18.0 Å². The van der Waals surface area contributed by atoms with Crippen molar-refractivity contribution in [3.05, 3.63) is 163 Å². The van der Waals surface area contributed by atoms with Crippen molar-refractivity contribution in [3.63, 3.8) is 0 Å². The molecule has 0 unspecified atom stereocenters. The van der Waals surface area contributed by atoms with Crippen LogP contribution in [-0.2, 0) is 26.5 Å². The number of rotatable bonds is 7. The minimum atomic E-state index is -2.23. The number of nitrogens with zero attached hydrogens (tertiary/aromatic N) is 2. The van der Waals surface area contributed by atoms with Gasteiger partial charge in [-0.2, -0.15) is 11.3 Å². The Hall–Kier alpha value is -4.51. The fourth-order valence-corrected chi connectivity index (χ4v) is 9.96. The number of aromatic nitrogens is 2. The number of hydrogen-bond donors (Lipinski definition) is 0. The number of hydrogen-bond acceptors (Lipinski definition) is 3. The second-order valence-corrected chi connectivity index (χ2v) is 23.1. The first kappa shape index (κ1) is 36.8. The fraction of sp³-hybridized carbons (Fsp3) is 0.231. The molecule has 0 aliphatic rings. The molecule has 0 saturated carbocycles. The molecule has 0 aliphatic heterocycles. The van der Waals surface area contributed by atoms with Crippen molar-refractivity contribution >= 4 is 44.8 Å². The van der Waals surface area contributed by atoms with E-state index in [1.165, 1.54) is 42.0 Å². The average molecular weight is 961 g/mol. The van der Waals surface area contributed by atoms with Gasteiger partial charge in [0, 0.05) is 42.7 Å². The van der Waals surface area contributed by atoms with Gasteiger partial charge in [-0.25, -0.2) is 0 Å². The van der Waals surface area contributed by atoms with Gasteiger partial charge in [0.05, 0.1) is 8.07 Å². The largest absolute Gasteiger partial charge is 0.305 e. The summed E-state index contributed by atoms with van der Waals surface area (Å²) < 4.78 is 35.0. The molecule has 0 amide bonds. The van der Waals surface area contributed by atoms with Gasteiger partial charge in [-0.05, 0) is 79.3 Å². The predicted octanol–water partition coefficient (Wildman–Crippen LogP) is 14.4. The quantitative estimate of drug-likeness (QED) is 0.117. The van der Waals surface area contributed by atoms with Gasteiger partial charge in [-0.3, -0.25) is 0 Å². The van der Waals surface area contributed by atoms with Crippen molar-refractivity contribution in [2.24, 2.45) is 5.41 Å². The molecule has 8 aromatic rings. The number of fused-ring (bicyclic) bond motifs is 3. The first-order chi connectivity index (χ1) is 28.3. The van der Waals surface area contributed by atoms with Gasteiger partial charge >= 0.3 is 0 Å². The van der Waals surface area contributed by atoms with E-state index in [9.17, 15) is 0 Å². The summed E-state index contributed by atoms with van der Waals surface area (Å²) in [6.45, 7) is 15.1. The van der Waals surface area contributed by atoms with E-state index in [0.717, 1.165) is 34.4 Å². The zero-order chi connectivity index (χ0) is 43.0. The third-order valence-electron chi connectivity index (χ3n) is 9.92. The van der Waals surface area contributed by atoms with E-state index in [-0.39, 0.29) is 31.1 Å². The Morgan fingerprint density at radius 2 is 1.49 bits per heavy atom. The van der Waals surface area contributed by atoms with E-state index in [4.69, 9.17) is 15.5 Å². The van der Waals surface area contributed by atoms with Crippen LogP contribution in [0.4, 0.5) is 0 Å². The molecule has 0 N–H and O–H groups in total. The van der Waals surface area contributed by atoms with Crippen molar-refractivity contribution < 1.29 is 25.6 Å². The maximum atomic E-state index is 8.66. The number of pyridine rings is 2. The van der Waals surface area contributed by atoms with Crippen LogP contribution in [0.5, 0.6) is 0 Å². The summed E-state index contributed by atoms with van der Waals surface area (Å²) in [6.07, 6.45) is 4.87. The fourth-order valence-electron chi connectivity index (χ4n) is 7.19. The monoisotopic (exact) mass is 961 g/mol. The number of aryl methyl sites for hydroxylation is 1. The Morgan fingerprint density at radius 3 is 2.16 bits per heavy atom. The number of benzene rings is 5. The minimum Gasteiger partial charge on any atom is -0.305 e. The Kier molecular flexibility index (Phi) is 11.3. The molecule has 0 saturated heterocycles. The Balaban J connectivity index is 0.000000201. The molecule has 57 heavy (non-hydrogen) atoms. The normalized spacial score (nSPS) is 13.1. The molecular weight excluding hydrogens is 905 g/mol. The second-order valence-electron chi connectivity index (χ2n) is 17.0. The SMILES string of the molecule is CC(C)(C)Cc1ccnc(-c2[c-]ccc3c2sc2ccc(-c4ccccc4)cc23)c1.[2H]C([2H])([2H])c1c[c-]c(-c2cc(C([2H])(C)C)c([Si](C)(C)C)cn2)cc1-c1ccccc1.[Ir]. The predicted molar refractivity (Wildman–Crippen MR) is 246 cm³/mol. The molecule has 0 bridgehead atoms. The molecule has 1 radical (unpaired) electrons. The smallest absolute Gasteiger partial charge is 0.0799 e. The van der Waals surface area contributed by atoms with Crippen molar-refractivity contribution in [1.29, 1.82) is 0 Å². The molecule has 0 fully saturated rings. The summed E-state index contributed by atoms with van der Waals surface area (Å²) in [5, 5.41) is 3.76. The van der Waals surface area contributed by atoms with Crippen LogP contribution in [0.2, 0.25) is 19.6 Å². The first-order valence-electron chi connectivity index (χ1n) is 21.3. The standard InChI is InChI=1S/C28H24NS.C24H28NSi.Ir/c1-28(2,3)18-19-14-15-29-25(16-19)23-11-7-10-22-24-17-21(20-8-5-4-6-9-20)12-13-26(24)30-27(22)23;1-17(2)21-15-23(25-16-24(21)26(4,5)6)20-13-12-18(3)22(14-20)19-10-8-7-9-11-19;/h4-10,12-17H,18H2,1-3H3;7-12,14-17H,1-6H3;/q2*-1;/i;3D3,17D;. The van der Waals surface area contributed by atoms with Crippen molar-refractivity contribution in [2.75, 3.05) is 0 Å². The molecule has 5 aromatic carbocycles. The molecular formula is C52H52IrN2SSi-2. The van der Waals surface area contributed by atoms with Gasteiger partial charge < -0.3 is 9.97 Å². The minimum absolute atomic E-state index is 0. The summed E-state index contributed by atoms with van der Waals surface area (Å²) >= 11 is 1.83. The molecule has 8 rings (SSSR count). The third kappa shape index (κ3) is 9.79. The van der Waals surface area contributed by atoms with Crippen LogP contribution in [0, 0.1) is 24.4 Å². The van der Waals surface area contributed by atoms with E-state index in [0.29, 0.717) is 11.3 Å². The molecule has 3 heterocycles. The molecule has 0 spiro atoms. The van der Waals surface area contributed by atoms with Gasteiger partial charge in [0.1, 0.15) is 0 Å². The molecule has 3 aromatic heterocycles. The summed E-state index contributed by atoms with van der Waals surface area (Å²) in [4.78, 5) is 9.40. The van der Waals surface area contributed by atoms with Crippen LogP contribution in [0.1, 0.15) is 62.7 Å². The van der Waals surface area contributed by atoms with Crippen molar-refractivity contribution in [3.8, 4) is 44.8 Å². The Labute approximate surface area is 364 Å². The topological polar surface area (TPSA) is 25.8 Å². The summed E-state index contributed by atoms with van der Waals surface area (Å²) in [6, 6.07) is 47.5. The molecule has 2 nitrogen and oxygen atoms in total. The summed E-state index contributed by atoms with van der Waals surface area (Å²) in [7, 11) is -1.68. The second kappa shape index (κ2) is 17.5. The first-order valence-corrected chi connectivity index (χ1v) is 23.6. The molecule has 0 atom stereocenters. The van der Waals surface area contributed by atoms with Crippen LogP contribution >= 0.6 is 11.3 Å². The van der Waals surface area contributed by atoms with Gasteiger partial charge in [0.15, 0.2) is 0 Å². The summed E-state index contributed by atoms with van der Waals surface area (Å²) in [5.74, 6) is -0.756. The van der Waals surface area contributed by atoms with E-state index in [1.54, 1.807) is 6.07 Å². The van der Waals surface area contributed by atoms with Crippen LogP contribution in [0.3, 0.4) is 0 Å².